The van der Waals surface area contributed by atoms with E-state index in [0.29, 0.717) is 11.3 Å². The number of benzene rings is 1. The summed E-state index contributed by atoms with van der Waals surface area (Å²) in [6, 6.07) is 7.38. The van der Waals surface area contributed by atoms with Gasteiger partial charge in [-0.05, 0) is 18.2 Å². The number of amidine groups is 1. The summed E-state index contributed by atoms with van der Waals surface area (Å²) in [5.74, 6) is -0.367. The first-order chi connectivity index (χ1) is 10.1. The SMILES string of the molecule is COc1ccc(Cn2cccc(/C(N)=N/O)c2=O)c(F)c1. The molecule has 0 saturated heterocycles. The molecule has 110 valence electrons. The van der Waals surface area contributed by atoms with Gasteiger partial charge in [-0.25, -0.2) is 4.39 Å². The van der Waals surface area contributed by atoms with Gasteiger partial charge in [-0.3, -0.25) is 4.79 Å². The van der Waals surface area contributed by atoms with Gasteiger partial charge in [-0.15, -0.1) is 0 Å². The molecule has 3 N–H and O–H groups in total. The van der Waals surface area contributed by atoms with Crippen LogP contribution in [0.25, 0.3) is 0 Å². The summed E-state index contributed by atoms with van der Waals surface area (Å²) in [6.07, 6.45) is 1.50. The van der Waals surface area contributed by atoms with Crippen LogP contribution in [-0.2, 0) is 6.54 Å². The van der Waals surface area contributed by atoms with E-state index in [4.69, 9.17) is 15.7 Å². The third-order valence-corrected chi connectivity index (χ3v) is 3.00. The number of oxime groups is 1. The van der Waals surface area contributed by atoms with Gasteiger partial charge in [0.2, 0.25) is 0 Å². The highest BCUT2D eigenvalue weighted by molar-refractivity contribution is 5.96. The normalized spacial score (nSPS) is 11.4. The smallest absolute Gasteiger partial charge is 0.261 e. The van der Waals surface area contributed by atoms with Crippen LogP contribution in [0.15, 0.2) is 46.5 Å². The summed E-state index contributed by atoms with van der Waals surface area (Å²) in [4.78, 5) is 12.2. The Kier molecular flexibility index (Phi) is 4.22. The van der Waals surface area contributed by atoms with Crippen molar-refractivity contribution < 1.29 is 14.3 Å². The standard InChI is InChI=1S/C14H14FN3O3/c1-21-10-5-4-9(12(15)7-10)8-18-6-2-3-11(14(18)19)13(16)17-20/h2-7,20H,8H2,1H3,(H2,16,17). The fourth-order valence-electron chi connectivity index (χ4n) is 1.88. The Balaban J connectivity index is 2.39. The first kappa shape index (κ1) is 14.6. The van der Waals surface area contributed by atoms with Gasteiger partial charge in [0.25, 0.3) is 5.56 Å². The zero-order valence-electron chi connectivity index (χ0n) is 11.3. The molecule has 0 saturated carbocycles. The minimum absolute atomic E-state index is 0.0290. The summed E-state index contributed by atoms with van der Waals surface area (Å²) in [5, 5.41) is 11.4. The summed E-state index contributed by atoms with van der Waals surface area (Å²) in [5.41, 5.74) is 5.33. The van der Waals surface area contributed by atoms with E-state index in [-0.39, 0.29) is 17.9 Å². The molecule has 0 aliphatic carbocycles. The molecular weight excluding hydrogens is 277 g/mol. The molecule has 1 heterocycles. The Bertz CT molecular complexity index is 740. The van der Waals surface area contributed by atoms with Crippen LogP contribution in [0, 0.1) is 5.82 Å². The lowest BCUT2D eigenvalue weighted by atomic mass is 10.2. The monoisotopic (exact) mass is 291 g/mol. The van der Waals surface area contributed by atoms with Crippen molar-refractivity contribution in [2.45, 2.75) is 6.54 Å². The van der Waals surface area contributed by atoms with Crippen LogP contribution in [0.5, 0.6) is 5.75 Å². The largest absolute Gasteiger partial charge is 0.497 e. The van der Waals surface area contributed by atoms with Crippen molar-refractivity contribution in [1.29, 1.82) is 0 Å². The molecule has 0 aliphatic heterocycles. The van der Waals surface area contributed by atoms with Gasteiger partial charge in [0, 0.05) is 17.8 Å². The Hall–Kier alpha value is -2.83. The molecule has 1 aromatic carbocycles. The molecule has 0 spiro atoms. The molecule has 0 bridgehead atoms. The first-order valence-corrected chi connectivity index (χ1v) is 6.06. The van der Waals surface area contributed by atoms with Crippen molar-refractivity contribution in [3.05, 3.63) is 63.8 Å². The van der Waals surface area contributed by atoms with Crippen molar-refractivity contribution in [2.24, 2.45) is 10.9 Å². The number of pyridine rings is 1. The number of halogens is 1. The van der Waals surface area contributed by atoms with Crippen molar-refractivity contribution >= 4 is 5.84 Å². The predicted molar refractivity (Wildman–Crippen MR) is 75.3 cm³/mol. The van der Waals surface area contributed by atoms with Gasteiger partial charge in [0.05, 0.1) is 19.2 Å². The van der Waals surface area contributed by atoms with E-state index < -0.39 is 11.4 Å². The maximum atomic E-state index is 13.9. The molecule has 6 nitrogen and oxygen atoms in total. The average Bonchev–Trinajstić information content (AvgIpc) is 2.50. The van der Waals surface area contributed by atoms with Crippen LogP contribution in [0.4, 0.5) is 4.39 Å². The molecule has 0 amide bonds. The summed E-state index contributed by atoms with van der Waals surface area (Å²) < 4.78 is 20.1. The second-order valence-electron chi connectivity index (χ2n) is 4.30. The lowest BCUT2D eigenvalue weighted by Crippen LogP contribution is -2.30. The van der Waals surface area contributed by atoms with E-state index in [9.17, 15) is 9.18 Å². The second kappa shape index (κ2) is 6.08. The highest BCUT2D eigenvalue weighted by Crippen LogP contribution is 2.16. The molecule has 0 atom stereocenters. The Labute approximate surface area is 119 Å². The minimum atomic E-state index is -0.476. The molecule has 0 radical (unpaired) electrons. The van der Waals surface area contributed by atoms with Crippen molar-refractivity contribution in [3.63, 3.8) is 0 Å². The number of methoxy groups -OCH3 is 1. The van der Waals surface area contributed by atoms with Gasteiger partial charge in [-0.1, -0.05) is 11.2 Å². The zero-order valence-corrected chi connectivity index (χ0v) is 11.3. The highest BCUT2D eigenvalue weighted by Gasteiger charge is 2.10. The maximum Gasteiger partial charge on any atom is 0.261 e. The molecule has 2 aromatic rings. The first-order valence-electron chi connectivity index (χ1n) is 6.06. The van der Waals surface area contributed by atoms with Crippen molar-refractivity contribution in [1.82, 2.24) is 4.57 Å². The lowest BCUT2D eigenvalue weighted by Gasteiger charge is -2.09. The van der Waals surface area contributed by atoms with E-state index in [1.807, 2.05) is 0 Å². The molecule has 1 aromatic heterocycles. The predicted octanol–water partition coefficient (Wildman–Crippen LogP) is 1.14. The van der Waals surface area contributed by atoms with Crippen LogP contribution in [-0.4, -0.2) is 22.7 Å². The van der Waals surface area contributed by atoms with E-state index in [2.05, 4.69) is 5.16 Å². The van der Waals surface area contributed by atoms with Crippen molar-refractivity contribution in [2.75, 3.05) is 7.11 Å². The van der Waals surface area contributed by atoms with Crippen LogP contribution in [0.3, 0.4) is 0 Å². The topological polar surface area (TPSA) is 89.8 Å². The fraction of sp³-hybridized carbons (Fsp3) is 0.143. The number of nitrogens with zero attached hydrogens (tertiary/aromatic N) is 2. The molecule has 0 unspecified atom stereocenters. The number of rotatable bonds is 4. The van der Waals surface area contributed by atoms with Gasteiger partial charge >= 0.3 is 0 Å². The molecule has 0 aliphatic rings. The van der Waals surface area contributed by atoms with E-state index in [1.54, 1.807) is 12.1 Å². The fourth-order valence-corrected chi connectivity index (χ4v) is 1.88. The van der Waals surface area contributed by atoms with E-state index >= 15 is 0 Å². The van der Waals surface area contributed by atoms with E-state index in [1.165, 1.54) is 36.1 Å². The quantitative estimate of drug-likeness (QED) is 0.382. The molecular formula is C14H14FN3O3. The number of aromatic nitrogens is 1. The Morgan fingerprint density at radius 1 is 1.48 bits per heavy atom. The zero-order chi connectivity index (χ0) is 15.4. The average molecular weight is 291 g/mol. The van der Waals surface area contributed by atoms with Gasteiger partial charge in [0.15, 0.2) is 5.84 Å². The second-order valence-corrected chi connectivity index (χ2v) is 4.30. The van der Waals surface area contributed by atoms with Crippen LogP contribution < -0.4 is 16.0 Å². The molecule has 2 rings (SSSR count). The van der Waals surface area contributed by atoms with Gasteiger partial charge < -0.3 is 20.2 Å². The van der Waals surface area contributed by atoms with Crippen LogP contribution >= 0.6 is 0 Å². The number of hydrogen-bond acceptors (Lipinski definition) is 4. The number of ether oxygens (including phenoxy) is 1. The van der Waals surface area contributed by atoms with Crippen molar-refractivity contribution in [3.8, 4) is 5.75 Å². The maximum absolute atomic E-state index is 13.9. The van der Waals surface area contributed by atoms with E-state index in [0.717, 1.165) is 0 Å². The highest BCUT2D eigenvalue weighted by atomic mass is 19.1. The van der Waals surface area contributed by atoms with Crippen LogP contribution in [0.1, 0.15) is 11.1 Å². The third kappa shape index (κ3) is 3.02. The van der Waals surface area contributed by atoms with Gasteiger partial charge in [-0.2, -0.15) is 0 Å². The minimum Gasteiger partial charge on any atom is -0.497 e. The lowest BCUT2D eigenvalue weighted by molar-refractivity contribution is 0.318. The summed E-state index contributed by atoms with van der Waals surface area (Å²) in [6.45, 7) is 0.0290. The third-order valence-electron chi connectivity index (χ3n) is 3.00. The molecule has 0 fully saturated rings. The Morgan fingerprint density at radius 3 is 2.86 bits per heavy atom. The summed E-state index contributed by atoms with van der Waals surface area (Å²) >= 11 is 0. The number of hydrogen-bond donors (Lipinski definition) is 2. The molecule has 7 heteroatoms. The Morgan fingerprint density at radius 2 is 2.24 bits per heavy atom. The molecule has 21 heavy (non-hydrogen) atoms. The van der Waals surface area contributed by atoms with Crippen LogP contribution in [0.2, 0.25) is 0 Å². The van der Waals surface area contributed by atoms with Gasteiger partial charge in [0.1, 0.15) is 11.6 Å². The summed E-state index contributed by atoms with van der Waals surface area (Å²) in [7, 11) is 1.44. The number of nitrogens with two attached hydrogens (primary N) is 1.